The number of ether oxygens (including phenoxy) is 2. The summed E-state index contributed by atoms with van der Waals surface area (Å²) < 4.78 is 32.7. The van der Waals surface area contributed by atoms with Crippen LogP contribution in [0, 0.1) is 11.8 Å². The third-order valence-corrected chi connectivity index (χ3v) is 11.2. The van der Waals surface area contributed by atoms with Crippen LogP contribution in [-0.4, -0.2) is 77.5 Å². The van der Waals surface area contributed by atoms with Gasteiger partial charge in [0.2, 0.25) is 0 Å². The summed E-state index contributed by atoms with van der Waals surface area (Å²) in [5.41, 5.74) is 5.34. The number of esters is 2. The van der Waals surface area contributed by atoms with Crippen molar-refractivity contribution in [3.8, 4) is 0 Å². The molecule has 0 aromatic carbocycles. The van der Waals surface area contributed by atoms with Crippen molar-refractivity contribution in [1.82, 2.24) is 0 Å². The van der Waals surface area contributed by atoms with E-state index in [9.17, 15) is 34.1 Å². The minimum atomic E-state index is -4.44. The van der Waals surface area contributed by atoms with Crippen molar-refractivity contribution in [1.29, 1.82) is 0 Å². The molecule has 326 valence electrons. The summed E-state index contributed by atoms with van der Waals surface area (Å²) in [6.45, 7) is 3.33. The van der Waals surface area contributed by atoms with Crippen LogP contribution in [0.1, 0.15) is 174 Å². The Morgan fingerprint density at radius 1 is 0.804 bits per heavy atom. The van der Waals surface area contributed by atoms with Gasteiger partial charge in [-0.05, 0) is 32.1 Å². The summed E-state index contributed by atoms with van der Waals surface area (Å²) in [6, 6.07) is 0. The molecule has 0 bridgehead atoms. The van der Waals surface area contributed by atoms with E-state index in [0.717, 1.165) is 38.5 Å². The fourth-order valence-electron chi connectivity index (χ4n) is 6.85. The van der Waals surface area contributed by atoms with Gasteiger partial charge in [0.1, 0.15) is 12.4 Å². The van der Waals surface area contributed by atoms with Crippen molar-refractivity contribution in [2.75, 3.05) is 26.4 Å². The maximum Gasteiger partial charge on any atom is 0.472 e. The van der Waals surface area contributed by atoms with Gasteiger partial charge >= 0.3 is 19.8 Å². The van der Waals surface area contributed by atoms with Gasteiger partial charge in [-0.25, -0.2) is 4.57 Å². The molecule has 12 nitrogen and oxygen atoms in total. The van der Waals surface area contributed by atoms with E-state index in [0.29, 0.717) is 32.1 Å². The number of phosphoric acid groups is 1. The second kappa shape index (κ2) is 34.0. The van der Waals surface area contributed by atoms with Gasteiger partial charge in [0.05, 0.1) is 25.4 Å². The smallest absolute Gasteiger partial charge is 0.462 e. The average Bonchev–Trinajstić information content (AvgIpc) is 3.44. The number of hydrogen-bond donors (Lipinski definition) is 4. The summed E-state index contributed by atoms with van der Waals surface area (Å²) in [6.07, 6.45) is 28.5. The van der Waals surface area contributed by atoms with Crippen LogP contribution in [0.2, 0.25) is 0 Å². The summed E-state index contributed by atoms with van der Waals surface area (Å²) >= 11 is 0. The second-order valence-corrected chi connectivity index (χ2v) is 16.8. The van der Waals surface area contributed by atoms with Crippen LogP contribution >= 0.6 is 7.82 Å². The molecule has 0 heterocycles. The van der Waals surface area contributed by atoms with Gasteiger partial charge in [-0.2, -0.15) is 0 Å². The molecule has 0 amide bonds. The molecule has 1 aliphatic rings. The molecule has 6 atom stereocenters. The Morgan fingerprint density at radius 2 is 1.38 bits per heavy atom. The monoisotopic (exact) mass is 816 g/mol. The summed E-state index contributed by atoms with van der Waals surface area (Å²) in [7, 11) is -4.44. The molecule has 56 heavy (non-hydrogen) atoms. The third-order valence-electron chi connectivity index (χ3n) is 10.2. The lowest BCUT2D eigenvalue weighted by Gasteiger charge is -2.19. The maximum atomic E-state index is 12.6. The first kappa shape index (κ1) is 52.1. The van der Waals surface area contributed by atoms with Crippen LogP contribution in [0.3, 0.4) is 0 Å². The lowest BCUT2D eigenvalue weighted by atomic mass is 9.90. The molecule has 0 aromatic heterocycles. The van der Waals surface area contributed by atoms with E-state index in [1.165, 1.54) is 70.6 Å². The average molecular weight is 816 g/mol. The number of aliphatic hydroxyl groups excluding tert-OH is 2. The van der Waals surface area contributed by atoms with Crippen LogP contribution < -0.4 is 5.73 Å². The van der Waals surface area contributed by atoms with Gasteiger partial charge in [0, 0.05) is 37.6 Å². The van der Waals surface area contributed by atoms with E-state index in [2.05, 4.69) is 13.8 Å². The number of nitrogens with two attached hydrogens (primary N) is 1. The molecule has 5 N–H and O–H groups in total. The Hall–Kier alpha value is -1.92. The molecule has 1 aliphatic carbocycles. The molecule has 13 heteroatoms. The molecule has 1 unspecified atom stereocenters. The largest absolute Gasteiger partial charge is 0.472 e. The first-order chi connectivity index (χ1) is 27.0. The Morgan fingerprint density at radius 3 is 1.98 bits per heavy atom. The highest BCUT2D eigenvalue weighted by atomic mass is 31.2. The minimum Gasteiger partial charge on any atom is -0.462 e. The quantitative estimate of drug-likeness (QED) is 0.0202. The molecular formula is C43H78NO11P. The van der Waals surface area contributed by atoms with E-state index in [1.54, 1.807) is 12.2 Å². The topological polar surface area (TPSA) is 192 Å². The van der Waals surface area contributed by atoms with E-state index in [-0.39, 0.29) is 56.6 Å². The van der Waals surface area contributed by atoms with Gasteiger partial charge in [-0.3, -0.25) is 23.4 Å². The molecule has 0 aromatic rings. The van der Waals surface area contributed by atoms with Crippen LogP contribution in [0.25, 0.3) is 0 Å². The molecule has 0 saturated heterocycles. The fraction of sp³-hybridized carbons (Fsp3) is 0.837. The number of carbonyl (C=O) groups excluding carboxylic acids is 3. The maximum absolute atomic E-state index is 12.6. The van der Waals surface area contributed by atoms with Gasteiger partial charge in [0.15, 0.2) is 6.10 Å². The Labute approximate surface area is 338 Å². The second-order valence-electron chi connectivity index (χ2n) is 15.3. The Bertz CT molecular complexity index is 1130. The molecule has 0 radical (unpaired) electrons. The minimum absolute atomic E-state index is 0.00149. The predicted molar refractivity (Wildman–Crippen MR) is 221 cm³/mol. The number of allylic oxidation sites excluding steroid dienone is 2. The lowest BCUT2D eigenvalue weighted by molar-refractivity contribution is -0.161. The van der Waals surface area contributed by atoms with Gasteiger partial charge < -0.3 is 30.3 Å². The van der Waals surface area contributed by atoms with E-state index < -0.39 is 44.7 Å². The molecule has 0 aliphatic heterocycles. The van der Waals surface area contributed by atoms with Crippen LogP contribution in [-0.2, 0) is 37.5 Å². The number of aliphatic hydroxyl groups is 2. The number of ketones is 1. The number of Topliss-reactive ketones (excluding diaryl/α,β-unsaturated/α-hetero) is 1. The highest BCUT2D eigenvalue weighted by Gasteiger charge is 2.39. The summed E-state index contributed by atoms with van der Waals surface area (Å²) in [4.78, 5) is 47.6. The SMILES string of the molecule is CCCCCCCCCCCCCCCCCC(=O)O[C@H](COC(=O)CCC/C=C\C[C@H]1C(=O)C[C@@H](O)[C@@H]1/C=C/[C@@H](O)CCCCC)COP(=O)(O)OCCN. The van der Waals surface area contributed by atoms with Crippen molar-refractivity contribution in [3.05, 3.63) is 24.3 Å². The van der Waals surface area contributed by atoms with Crippen LogP contribution in [0.4, 0.5) is 0 Å². The fourth-order valence-corrected chi connectivity index (χ4v) is 7.62. The Kier molecular flexibility index (Phi) is 31.6. The third kappa shape index (κ3) is 27.7. The van der Waals surface area contributed by atoms with Crippen LogP contribution in [0.5, 0.6) is 0 Å². The number of rotatable bonds is 37. The van der Waals surface area contributed by atoms with Crippen molar-refractivity contribution in [3.63, 3.8) is 0 Å². The molecule has 1 rings (SSSR count). The number of phosphoric ester groups is 1. The highest BCUT2D eigenvalue weighted by Crippen LogP contribution is 2.43. The number of carbonyl (C=O) groups is 3. The zero-order valence-corrected chi connectivity index (χ0v) is 35.7. The predicted octanol–water partition coefficient (Wildman–Crippen LogP) is 8.98. The standard InChI is InChI=1S/C43H78NO11P/c1-3-5-7-8-9-10-11-12-13-14-15-16-17-18-24-28-43(49)55-37(35-54-56(50,51)53-32-31-44)34-52-42(48)27-23-20-19-22-26-38-39(41(47)33-40(38)46)30-29-36(45)25-21-6-4-2/h19,22,29-30,36-39,41,45,47H,3-18,20-21,23-28,31-35,44H2,1-2H3,(H,50,51)/b22-19-,30-29+/t36-,37+,38+,39+,41+/m0/s1. The van der Waals surface area contributed by atoms with E-state index >= 15 is 0 Å². The van der Waals surface area contributed by atoms with Crippen molar-refractivity contribution >= 4 is 25.5 Å². The Balaban J connectivity index is 2.40. The van der Waals surface area contributed by atoms with Crippen LogP contribution in [0.15, 0.2) is 24.3 Å². The zero-order valence-electron chi connectivity index (χ0n) is 34.8. The first-order valence-electron chi connectivity index (χ1n) is 21.9. The lowest BCUT2D eigenvalue weighted by Crippen LogP contribution is -2.29. The van der Waals surface area contributed by atoms with E-state index in [1.807, 2.05) is 12.2 Å². The van der Waals surface area contributed by atoms with E-state index in [4.69, 9.17) is 24.3 Å². The summed E-state index contributed by atoms with van der Waals surface area (Å²) in [5.74, 6) is -1.73. The van der Waals surface area contributed by atoms with Gasteiger partial charge in [0.25, 0.3) is 0 Å². The molecule has 1 fully saturated rings. The molecule has 1 saturated carbocycles. The van der Waals surface area contributed by atoms with Gasteiger partial charge in [-0.15, -0.1) is 0 Å². The normalized spacial score (nSPS) is 19.5. The molecule has 0 spiro atoms. The summed E-state index contributed by atoms with van der Waals surface area (Å²) in [5, 5.41) is 20.7. The van der Waals surface area contributed by atoms with Crippen molar-refractivity contribution in [2.24, 2.45) is 17.6 Å². The van der Waals surface area contributed by atoms with Crippen molar-refractivity contribution < 1.29 is 52.6 Å². The first-order valence-corrected chi connectivity index (χ1v) is 23.4. The number of unbranched alkanes of at least 4 members (excludes halogenated alkanes) is 17. The molecular weight excluding hydrogens is 737 g/mol. The number of hydrogen-bond acceptors (Lipinski definition) is 11. The van der Waals surface area contributed by atoms with Gasteiger partial charge in [-0.1, -0.05) is 147 Å². The highest BCUT2D eigenvalue weighted by molar-refractivity contribution is 7.47. The van der Waals surface area contributed by atoms with Crippen molar-refractivity contribution in [2.45, 2.75) is 193 Å². The zero-order chi connectivity index (χ0) is 41.3.